The van der Waals surface area contributed by atoms with Crippen molar-refractivity contribution in [2.24, 2.45) is 17.6 Å². The van der Waals surface area contributed by atoms with Crippen LogP contribution in [0, 0.1) is 11.8 Å². The highest BCUT2D eigenvalue weighted by Crippen LogP contribution is 2.40. The molecule has 1 rings (SSSR count). The second kappa shape index (κ2) is 3.96. The quantitative estimate of drug-likeness (QED) is 0.722. The van der Waals surface area contributed by atoms with Crippen molar-refractivity contribution >= 4 is 9.84 Å². The van der Waals surface area contributed by atoms with Gasteiger partial charge in [0.1, 0.15) is 9.84 Å². The van der Waals surface area contributed by atoms with Crippen molar-refractivity contribution < 1.29 is 8.42 Å². The molecule has 4 heteroatoms. The molecule has 0 heterocycles. The smallest absolute Gasteiger partial charge is 0.147 e. The van der Waals surface area contributed by atoms with Crippen molar-refractivity contribution in [1.82, 2.24) is 0 Å². The molecule has 78 valence electrons. The molecule has 0 radical (unpaired) electrons. The van der Waals surface area contributed by atoms with Crippen LogP contribution in [0.25, 0.3) is 0 Å². The Morgan fingerprint density at radius 2 is 2.08 bits per heavy atom. The van der Waals surface area contributed by atoms with E-state index >= 15 is 0 Å². The first kappa shape index (κ1) is 11.0. The standard InChI is InChI=1S/C9H19NO2S/c1-7-6-8(7)9(10)4-3-5-13(2,11)12/h7-9H,3-6,10H2,1-2H3. The van der Waals surface area contributed by atoms with E-state index in [-0.39, 0.29) is 11.8 Å². The second-order valence-corrected chi connectivity index (χ2v) is 6.57. The first-order chi connectivity index (χ1) is 5.90. The highest BCUT2D eigenvalue weighted by Gasteiger charge is 2.37. The van der Waals surface area contributed by atoms with Gasteiger partial charge in [-0.3, -0.25) is 0 Å². The van der Waals surface area contributed by atoms with Gasteiger partial charge in [0.05, 0.1) is 0 Å². The topological polar surface area (TPSA) is 60.2 Å². The van der Waals surface area contributed by atoms with Crippen molar-refractivity contribution in [2.45, 2.75) is 32.2 Å². The fourth-order valence-electron chi connectivity index (χ4n) is 1.74. The van der Waals surface area contributed by atoms with Crippen LogP contribution in [0.4, 0.5) is 0 Å². The Bertz CT molecular complexity index is 261. The van der Waals surface area contributed by atoms with Gasteiger partial charge in [-0.05, 0) is 31.1 Å². The molecular weight excluding hydrogens is 186 g/mol. The Kier molecular flexibility index (Phi) is 3.35. The largest absolute Gasteiger partial charge is 0.327 e. The van der Waals surface area contributed by atoms with Crippen molar-refractivity contribution in [2.75, 3.05) is 12.0 Å². The Balaban J connectivity index is 2.13. The number of hydrogen-bond donors (Lipinski definition) is 1. The minimum Gasteiger partial charge on any atom is -0.327 e. The maximum atomic E-state index is 10.8. The van der Waals surface area contributed by atoms with Crippen LogP contribution < -0.4 is 5.73 Å². The Labute approximate surface area is 80.6 Å². The molecule has 3 unspecified atom stereocenters. The van der Waals surface area contributed by atoms with Gasteiger partial charge in [-0.15, -0.1) is 0 Å². The summed E-state index contributed by atoms with van der Waals surface area (Å²) in [5.41, 5.74) is 5.90. The Morgan fingerprint density at radius 3 is 2.46 bits per heavy atom. The van der Waals surface area contributed by atoms with Crippen LogP contribution in [0.1, 0.15) is 26.2 Å². The van der Waals surface area contributed by atoms with Gasteiger partial charge >= 0.3 is 0 Å². The molecule has 0 aliphatic heterocycles. The van der Waals surface area contributed by atoms with Crippen LogP contribution in [0.5, 0.6) is 0 Å². The molecule has 1 saturated carbocycles. The summed E-state index contributed by atoms with van der Waals surface area (Å²) >= 11 is 0. The van der Waals surface area contributed by atoms with Gasteiger partial charge in [0, 0.05) is 18.1 Å². The van der Waals surface area contributed by atoms with Gasteiger partial charge in [0.15, 0.2) is 0 Å². The van der Waals surface area contributed by atoms with Gasteiger partial charge in [-0.1, -0.05) is 6.92 Å². The summed E-state index contributed by atoms with van der Waals surface area (Å²) in [6.07, 6.45) is 4.06. The summed E-state index contributed by atoms with van der Waals surface area (Å²) in [5.74, 6) is 1.69. The maximum Gasteiger partial charge on any atom is 0.147 e. The lowest BCUT2D eigenvalue weighted by Crippen LogP contribution is -2.24. The van der Waals surface area contributed by atoms with E-state index in [1.165, 1.54) is 12.7 Å². The zero-order valence-electron chi connectivity index (χ0n) is 8.36. The average Bonchev–Trinajstić information content (AvgIpc) is 2.63. The van der Waals surface area contributed by atoms with E-state index in [0.29, 0.717) is 12.3 Å². The van der Waals surface area contributed by atoms with E-state index in [0.717, 1.165) is 12.3 Å². The lowest BCUT2D eigenvalue weighted by Gasteiger charge is -2.09. The average molecular weight is 205 g/mol. The minimum atomic E-state index is -2.79. The van der Waals surface area contributed by atoms with Gasteiger partial charge in [-0.25, -0.2) is 8.42 Å². The lowest BCUT2D eigenvalue weighted by atomic mass is 10.1. The zero-order chi connectivity index (χ0) is 10.1. The summed E-state index contributed by atoms with van der Waals surface area (Å²) in [6.45, 7) is 2.20. The second-order valence-electron chi connectivity index (χ2n) is 4.31. The normalized spacial score (nSPS) is 30.1. The molecule has 0 bridgehead atoms. The fourth-order valence-corrected chi connectivity index (χ4v) is 2.43. The minimum absolute atomic E-state index is 0.219. The number of rotatable bonds is 5. The fraction of sp³-hybridized carbons (Fsp3) is 1.00. The maximum absolute atomic E-state index is 10.8. The van der Waals surface area contributed by atoms with Crippen LogP contribution in [-0.2, 0) is 9.84 Å². The molecule has 1 aliphatic rings. The molecule has 0 aromatic carbocycles. The summed E-state index contributed by atoms with van der Waals surface area (Å²) in [5, 5.41) is 0. The van der Waals surface area contributed by atoms with Gasteiger partial charge in [0.2, 0.25) is 0 Å². The molecule has 0 saturated heterocycles. The van der Waals surface area contributed by atoms with E-state index < -0.39 is 9.84 Å². The predicted octanol–water partition coefficient (Wildman–Crippen LogP) is 0.794. The number of sulfone groups is 1. The third kappa shape index (κ3) is 4.09. The summed E-state index contributed by atoms with van der Waals surface area (Å²) in [6, 6.07) is 0.219. The molecule has 0 aromatic heterocycles. The van der Waals surface area contributed by atoms with Gasteiger partial charge < -0.3 is 5.73 Å². The Morgan fingerprint density at radius 1 is 1.54 bits per heavy atom. The van der Waals surface area contributed by atoms with E-state index in [1.54, 1.807) is 0 Å². The van der Waals surface area contributed by atoms with E-state index in [2.05, 4.69) is 6.92 Å². The van der Waals surface area contributed by atoms with Crippen molar-refractivity contribution in [1.29, 1.82) is 0 Å². The molecule has 3 nitrogen and oxygen atoms in total. The van der Waals surface area contributed by atoms with Crippen molar-refractivity contribution in [3.63, 3.8) is 0 Å². The SMILES string of the molecule is CC1CC1C(N)CCCS(C)(=O)=O. The van der Waals surface area contributed by atoms with Crippen LogP contribution in [0.2, 0.25) is 0 Å². The van der Waals surface area contributed by atoms with Crippen LogP contribution in [-0.4, -0.2) is 26.5 Å². The molecule has 0 amide bonds. The summed E-state index contributed by atoms with van der Waals surface area (Å²) in [4.78, 5) is 0. The van der Waals surface area contributed by atoms with Crippen molar-refractivity contribution in [3.8, 4) is 0 Å². The Hall–Kier alpha value is -0.0900. The molecule has 1 aliphatic carbocycles. The number of nitrogens with two attached hydrogens (primary N) is 1. The molecule has 0 spiro atoms. The third-order valence-electron chi connectivity index (χ3n) is 2.77. The van der Waals surface area contributed by atoms with Crippen LogP contribution >= 0.6 is 0 Å². The third-order valence-corrected chi connectivity index (χ3v) is 3.80. The summed E-state index contributed by atoms with van der Waals surface area (Å²) in [7, 11) is -2.79. The van der Waals surface area contributed by atoms with E-state index in [9.17, 15) is 8.42 Å². The highest BCUT2D eigenvalue weighted by atomic mass is 32.2. The highest BCUT2D eigenvalue weighted by molar-refractivity contribution is 7.90. The van der Waals surface area contributed by atoms with E-state index in [4.69, 9.17) is 5.73 Å². The molecule has 0 aromatic rings. The molecule has 3 atom stereocenters. The van der Waals surface area contributed by atoms with E-state index in [1.807, 2.05) is 0 Å². The molecule has 13 heavy (non-hydrogen) atoms. The predicted molar refractivity (Wildman–Crippen MR) is 54.2 cm³/mol. The first-order valence-corrected chi connectivity index (χ1v) is 6.89. The van der Waals surface area contributed by atoms with Crippen molar-refractivity contribution in [3.05, 3.63) is 0 Å². The molecule has 1 fully saturated rings. The van der Waals surface area contributed by atoms with Gasteiger partial charge in [0.25, 0.3) is 0 Å². The number of hydrogen-bond acceptors (Lipinski definition) is 3. The lowest BCUT2D eigenvalue weighted by molar-refractivity contribution is 0.516. The van der Waals surface area contributed by atoms with Crippen LogP contribution in [0.15, 0.2) is 0 Å². The van der Waals surface area contributed by atoms with Crippen LogP contribution in [0.3, 0.4) is 0 Å². The first-order valence-electron chi connectivity index (χ1n) is 4.83. The molecular formula is C9H19NO2S. The monoisotopic (exact) mass is 205 g/mol. The molecule has 2 N–H and O–H groups in total. The zero-order valence-corrected chi connectivity index (χ0v) is 9.18. The summed E-state index contributed by atoms with van der Waals surface area (Å²) < 4.78 is 21.6. The van der Waals surface area contributed by atoms with Gasteiger partial charge in [-0.2, -0.15) is 0 Å².